The molecule has 1 aliphatic rings. The zero-order chi connectivity index (χ0) is 19.6. The highest BCUT2D eigenvalue weighted by molar-refractivity contribution is 14.0. The van der Waals surface area contributed by atoms with Gasteiger partial charge in [-0.2, -0.15) is 0 Å². The molecule has 0 amide bonds. The van der Waals surface area contributed by atoms with E-state index in [0.29, 0.717) is 6.54 Å². The molecule has 1 fully saturated rings. The molecule has 1 aromatic carbocycles. The monoisotopic (exact) mass is 529 g/mol. The van der Waals surface area contributed by atoms with Crippen LogP contribution in [0.15, 0.2) is 47.7 Å². The molecule has 1 saturated heterocycles. The third-order valence-electron chi connectivity index (χ3n) is 4.72. The molecular weight excluding hydrogens is 501 g/mol. The molecule has 2 aromatic rings. The van der Waals surface area contributed by atoms with Gasteiger partial charge in [-0.15, -0.1) is 24.0 Å². The minimum Gasteiger partial charge on any atom is -0.356 e. The van der Waals surface area contributed by atoms with Crippen LogP contribution in [0.5, 0.6) is 0 Å². The topological polar surface area (TPSA) is 68.7 Å². The zero-order valence-electron chi connectivity index (χ0n) is 16.7. The molecule has 2 N–H and O–H groups in total. The normalized spacial score (nSPS) is 15.0. The summed E-state index contributed by atoms with van der Waals surface area (Å²) in [6, 6.07) is 9.70. The Labute approximate surface area is 195 Å². The van der Waals surface area contributed by atoms with Crippen LogP contribution >= 0.6 is 35.6 Å². The van der Waals surface area contributed by atoms with Crippen molar-refractivity contribution in [3.8, 4) is 0 Å². The van der Waals surface area contributed by atoms with Crippen LogP contribution in [0.1, 0.15) is 12.0 Å². The Kier molecular flexibility index (Phi) is 10.4. The average molecular weight is 530 g/mol. The van der Waals surface area contributed by atoms with E-state index in [1.807, 2.05) is 30.3 Å². The van der Waals surface area contributed by atoms with E-state index in [4.69, 9.17) is 11.6 Å². The smallest absolute Gasteiger partial charge is 0.225 e. The van der Waals surface area contributed by atoms with E-state index in [1.54, 1.807) is 19.4 Å². The van der Waals surface area contributed by atoms with E-state index in [-0.39, 0.29) is 24.0 Å². The van der Waals surface area contributed by atoms with Gasteiger partial charge in [-0.1, -0.05) is 23.7 Å². The lowest BCUT2D eigenvalue weighted by molar-refractivity contribution is 0.254. The van der Waals surface area contributed by atoms with Crippen LogP contribution in [-0.2, 0) is 6.54 Å². The maximum absolute atomic E-state index is 6.03. The Balaban J connectivity index is 0.00000300. The number of aromatic nitrogens is 2. The van der Waals surface area contributed by atoms with E-state index < -0.39 is 0 Å². The van der Waals surface area contributed by atoms with Crippen molar-refractivity contribution in [1.82, 2.24) is 25.5 Å². The van der Waals surface area contributed by atoms with E-state index in [9.17, 15) is 0 Å². The van der Waals surface area contributed by atoms with Gasteiger partial charge in [0.1, 0.15) is 0 Å². The van der Waals surface area contributed by atoms with Gasteiger partial charge in [-0.3, -0.25) is 9.89 Å². The van der Waals surface area contributed by atoms with Gasteiger partial charge in [0.2, 0.25) is 5.95 Å². The van der Waals surface area contributed by atoms with Gasteiger partial charge in [0.05, 0.1) is 0 Å². The molecule has 0 bridgehead atoms. The molecule has 1 aliphatic heterocycles. The number of anilines is 1. The van der Waals surface area contributed by atoms with E-state index >= 15 is 0 Å². The summed E-state index contributed by atoms with van der Waals surface area (Å²) in [6.07, 6.45) is 4.67. The molecule has 29 heavy (non-hydrogen) atoms. The van der Waals surface area contributed by atoms with Crippen LogP contribution < -0.4 is 15.5 Å². The van der Waals surface area contributed by atoms with Gasteiger partial charge in [0, 0.05) is 63.7 Å². The van der Waals surface area contributed by atoms with Crippen molar-refractivity contribution in [2.24, 2.45) is 4.99 Å². The lowest BCUT2D eigenvalue weighted by Gasteiger charge is -2.34. The minimum atomic E-state index is 0. The number of guanidine groups is 1. The molecule has 1 aromatic heterocycles. The van der Waals surface area contributed by atoms with Crippen LogP contribution in [-0.4, -0.2) is 67.1 Å². The zero-order valence-corrected chi connectivity index (χ0v) is 19.8. The van der Waals surface area contributed by atoms with E-state index in [1.165, 1.54) is 0 Å². The summed E-state index contributed by atoms with van der Waals surface area (Å²) in [6.45, 7) is 6.68. The van der Waals surface area contributed by atoms with Crippen molar-refractivity contribution < 1.29 is 0 Å². The fourth-order valence-electron chi connectivity index (χ4n) is 3.19. The number of halogens is 2. The molecule has 0 unspecified atom stereocenters. The maximum Gasteiger partial charge on any atom is 0.225 e. The summed E-state index contributed by atoms with van der Waals surface area (Å²) in [5.41, 5.74) is 1.13. The summed E-state index contributed by atoms with van der Waals surface area (Å²) in [5, 5.41) is 7.45. The summed E-state index contributed by atoms with van der Waals surface area (Å²) < 4.78 is 0. The third kappa shape index (κ3) is 7.94. The Morgan fingerprint density at radius 1 is 1.10 bits per heavy atom. The standard InChI is InChI=1S/C20H28ClN7.HI/c1-22-19(26-16-17-5-2-6-18(21)15-17)23-9-4-10-27-11-13-28(14-12-27)20-24-7-3-8-25-20;/h2-3,5-8,15H,4,9-14,16H2,1H3,(H2,22,23,26);1H. The minimum absolute atomic E-state index is 0. The second kappa shape index (κ2) is 12.8. The first kappa shape index (κ1) is 23.6. The lowest BCUT2D eigenvalue weighted by Crippen LogP contribution is -2.47. The fraction of sp³-hybridized carbons (Fsp3) is 0.450. The summed E-state index contributed by atoms with van der Waals surface area (Å²) >= 11 is 6.03. The molecular formula is C20H29ClIN7. The molecule has 9 heteroatoms. The molecule has 2 heterocycles. The van der Waals surface area contributed by atoms with Crippen molar-refractivity contribution in [2.75, 3.05) is 51.2 Å². The number of piperazine rings is 1. The number of nitrogens with one attached hydrogen (secondary N) is 2. The molecule has 7 nitrogen and oxygen atoms in total. The Bertz CT molecular complexity index is 752. The molecule has 0 aliphatic carbocycles. The van der Waals surface area contributed by atoms with Crippen molar-refractivity contribution in [3.05, 3.63) is 53.3 Å². The summed E-state index contributed by atoms with van der Waals surface area (Å²) in [5.74, 6) is 1.64. The maximum atomic E-state index is 6.03. The molecule has 158 valence electrons. The third-order valence-corrected chi connectivity index (χ3v) is 4.96. The van der Waals surface area contributed by atoms with Crippen molar-refractivity contribution >= 4 is 47.5 Å². The molecule has 0 atom stereocenters. The van der Waals surface area contributed by atoms with Gasteiger partial charge < -0.3 is 15.5 Å². The highest BCUT2D eigenvalue weighted by atomic mass is 127. The van der Waals surface area contributed by atoms with Crippen LogP contribution in [0, 0.1) is 0 Å². The van der Waals surface area contributed by atoms with E-state index in [0.717, 1.165) is 68.2 Å². The summed E-state index contributed by atoms with van der Waals surface area (Å²) in [7, 11) is 1.79. The first-order valence-corrected chi connectivity index (χ1v) is 10.1. The highest BCUT2D eigenvalue weighted by Crippen LogP contribution is 2.11. The molecule has 0 radical (unpaired) electrons. The SMILES string of the molecule is CN=C(NCCCN1CCN(c2ncccn2)CC1)NCc1cccc(Cl)c1.I. The summed E-state index contributed by atoms with van der Waals surface area (Å²) in [4.78, 5) is 17.7. The van der Waals surface area contributed by atoms with E-state index in [2.05, 4.69) is 35.4 Å². The van der Waals surface area contributed by atoms with Gasteiger partial charge in [0.25, 0.3) is 0 Å². The number of nitrogens with zero attached hydrogens (tertiary/aromatic N) is 5. The average Bonchev–Trinajstić information content (AvgIpc) is 2.74. The van der Waals surface area contributed by atoms with Crippen LogP contribution in [0.2, 0.25) is 5.02 Å². The van der Waals surface area contributed by atoms with Gasteiger partial charge in [-0.25, -0.2) is 9.97 Å². The van der Waals surface area contributed by atoms with Gasteiger partial charge in [-0.05, 0) is 36.7 Å². The van der Waals surface area contributed by atoms with Gasteiger partial charge in [0.15, 0.2) is 5.96 Å². The number of benzene rings is 1. The fourth-order valence-corrected chi connectivity index (χ4v) is 3.40. The first-order valence-electron chi connectivity index (χ1n) is 9.68. The Morgan fingerprint density at radius 2 is 1.86 bits per heavy atom. The number of hydrogen-bond acceptors (Lipinski definition) is 5. The Morgan fingerprint density at radius 3 is 2.55 bits per heavy atom. The first-order chi connectivity index (χ1) is 13.7. The number of rotatable bonds is 7. The largest absolute Gasteiger partial charge is 0.356 e. The molecule has 0 saturated carbocycles. The number of aliphatic imine (C=N–C) groups is 1. The van der Waals surface area contributed by atoms with Crippen molar-refractivity contribution in [3.63, 3.8) is 0 Å². The van der Waals surface area contributed by atoms with Gasteiger partial charge >= 0.3 is 0 Å². The highest BCUT2D eigenvalue weighted by Gasteiger charge is 2.18. The molecule has 3 rings (SSSR count). The van der Waals surface area contributed by atoms with Crippen molar-refractivity contribution in [1.29, 1.82) is 0 Å². The molecule has 0 spiro atoms. The predicted octanol–water partition coefficient (Wildman–Crippen LogP) is 2.63. The predicted molar refractivity (Wildman–Crippen MR) is 130 cm³/mol. The lowest BCUT2D eigenvalue weighted by atomic mass is 10.2. The van der Waals surface area contributed by atoms with Crippen LogP contribution in [0.4, 0.5) is 5.95 Å². The van der Waals surface area contributed by atoms with Crippen LogP contribution in [0.25, 0.3) is 0 Å². The number of hydrogen-bond donors (Lipinski definition) is 2. The second-order valence-electron chi connectivity index (χ2n) is 6.71. The second-order valence-corrected chi connectivity index (χ2v) is 7.15. The quantitative estimate of drug-likeness (QED) is 0.249. The Hall–Kier alpha value is -1.65. The van der Waals surface area contributed by atoms with Crippen LogP contribution in [0.3, 0.4) is 0 Å². The van der Waals surface area contributed by atoms with Crippen molar-refractivity contribution in [2.45, 2.75) is 13.0 Å².